The van der Waals surface area contributed by atoms with E-state index in [1.54, 1.807) is 6.07 Å². The molecule has 1 aliphatic rings. The predicted octanol–water partition coefficient (Wildman–Crippen LogP) is 1.81. The molecule has 9 heteroatoms. The maximum absolute atomic E-state index is 12.5. The van der Waals surface area contributed by atoms with Gasteiger partial charge in [0.25, 0.3) is 5.91 Å². The van der Waals surface area contributed by atoms with Gasteiger partial charge in [-0.3, -0.25) is 4.79 Å². The molecule has 140 valence electrons. The number of benzene rings is 1. The molecule has 1 fully saturated rings. The van der Waals surface area contributed by atoms with Gasteiger partial charge in [-0.1, -0.05) is 23.7 Å². The fourth-order valence-electron chi connectivity index (χ4n) is 2.83. The number of carbonyl (C=O) groups excluding carboxylic acids is 1. The SMILES string of the molecule is O=C(NCCS(=O)(=O)N1CCN(c2ccccc2Cl)CC1)c1ccco1. The first-order valence-electron chi connectivity index (χ1n) is 8.26. The molecule has 3 rings (SSSR count). The zero-order valence-electron chi connectivity index (χ0n) is 14.1. The first kappa shape index (κ1) is 18.8. The van der Waals surface area contributed by atoms with Gasteiger partial charge in [-0.25, -0.2) is 8.42 Å². The lowest BCUT2D eigenvalue weighted by Gasteiger charge is -2.35. The van der Waals surface area contributed by atoms with Gasteiger partial charge in [0.05, 0.1) is 22.7 Å². The summed E-state index contributed by atoms with van der Waals surface area (Å²) in [5.41, 5.74) is 0.914. The lowest BCUT2D eigenvalue weighted by atomic mass is 10.2. The molecule has 2 aromatic rings. The number of sulfonamides is 1. The second kappa shape index (κ2) is 8.11. The van der Waals surface area contributed by atoms with Crippen LogP contribution in [-0.4, -0.2) is 57.1 Å². The summed E-state index contributed by atoms with van der Waals surface area (Å²) in [7, 11) is -3.44. The summed E-state index contributed by atoms with van der Waals surface area (Å²) in [5, 5.41) is 3.21. The van der Waals surface area contributed by atoms with E-state index in [0.717, 1.165) is 5.69 Å². The second-order valence-corrected chi connectivity index (χ2v) is 8.38. The van der Waals surface area contributed by atoms with Crippen LogP contribution >= 0.6 is 11.6 Å². The van der Waals surface area contributed by atoms with Crippen LogP contribution in [0.1, 0.15) is 10.6 Å². The number of amides is 1. The van der Waals surface area contributed by atoms with Crippen LogP contribution in [0.3, 0.4) is 0 Å². The van der Waals surface area contributed by atoms with E-state index in [1.165, 1.54) is 16.6 Å². The van der Waals surface area contributed by atoms with Crippen LogP contribution in [0.25, 0.3) is 0 Å². The quantitative estimate of drug-likeness (QED) is 0.803. The highest BCUT2D eigenvalue weighted by Gasteiger charge is 2.27. The number of nitrogens with zero attached hydrogens (tertiary/aromatic N) is 2. The zero-order chi connectivity index (χ0) is 18.6. The predicted molar refractivity (Wildman–Crippen MR) is 100 cm³/mol. The van der Waals surface area contributed by atoms with E-state index in [4.69, 9.17) is 16.0 Å². The largest absolute Gasteiger partial charge is 0.459 e. The molecule has 0 atom stereocenters. The van der Waals surface area contributed by atoms with Gasteiger partial charge in [0.1, 0.15) is 0 Å². The van der Waals surface area contributed by atoms with Crippen LogP contribution in [-0.2, 0) is 10.0 Å². The molecular weight excluding hydrogens is 378 g/mol. The number of hydrogen-bond donors (Lipinski definition) is 1. The first-order chi connectivity index (χ1) is 12.5. The van der Waals surface area contributed by atoms with Gasteiger partial charge in [-0.15, -0.1) is 0 Å². The molecule has 0 bridgehead atoms. The summed E-state index contributed by atoms with van der Waals surface area (Å²) in [6, 6.07) is 10.6. The highest BCUT2D eigenvalue weighted by molar-refractivity contribution is 7.89. The highest BCUT2D eigenvalue weighted by Crippen LogP contribution is 2.26. The molecule has 1 N–H and O–H groups in total. The Morgan fingerprint density at radius 3 is 2.50 bits per heavy atom. The minimum absolute atomic E-state index is 0.0343. The minimum Gasteiger partial charge on any atom is -0.459 e. The number of halogens is 1. The molecule has 1 aliphatic heterocycles. The van der Waals surface area contributed by atoms with Crippen molar-refractivity contribution in [2.45, 2.75) is 0 Å². The molecule has 0 spiro atoms. The third-order valence-electron chi connectivity index (χ3n) is 4.22. The monoisotopic (exact) mass is 397 g/mol. The standard InChI is InChI=1S/C17H20ClN3O4S/c18-14-4-1-2-5-15(14)20-8-10-21(11-9-20)26(23,24)13-7-19-17(22)16-6-3-12-25-16/h1-6,12H,7-11,13H2,(H,19,22). The molecule has 1 saturated heterocycles. The summed E-state index contributed by atoms with van der Waals surface area (Å²) >= 11 is 6.20. The number of hydrogen-bond acceptors (Lipinski definition) is 5. The van der Waals surface area contributed by atoms with Crippen LogP contribution in [0.5, 0.6) is 0 Å². The van der Waals surface area contributed by atoms with Gasteiger partial charge in [-0.05, 0) is 24.3 Å². The van der Waals surface area contributed by atoms with Gasteiger partial charge in [0.2, 0.25) is 10.0 Å². The molecule has 1 aromatic carbocycles. The Hall–Kier alpha value is -2.03. The van der Waals surface area contributed by atoms with E-state index >= 15 is 0 Å². The lowest BCUT2D eigenvalue weighted by Crippen LogP contribution is -2.50. The molecule has 0 unspecified atom stereocenters. The van der Waals surface area contributed by atoms with Crippen molar-refractivity contribution in [2.24, 2.45) is 0 Å². The Morgan fingerprint density at radius 1 is 1.12 bits per heavy atom. The maximum atomic E-state index is 12.5. The number of piperazine rings is 1. The Bertz CT molecular complexity index is 847. The summed E-state index contributed by atoms with van der Waals surface area (Å²) < 4.78 is 31.4. The molecule has 0 radical (unpaired) electrons. The minimum atomic E-state index is -3.44. The van der Waals surface area contributed by atoms with Crippen molar-refractivity contribution in [1.29, 1.82) is 0 Å². The van der Waals surface area contributed by atoms with Gasteiger partial charge in [0.15, 0.2) is 5.76 Å². The molecular formula is C17H20ClN3O4S. The number of carbonyl (C=O) groups is 1. The van der Waals surface area contributed by atoms with E-state index in [-0.39, 0.29) is 18.1 Å². The van der Waals surface area contributed by atoms with Crippen molar-refractivity contribution in [3.8, 4) is 0 Å². The van der Waals surface area contributed by atoms with Crippen molar-refractivity contribution in [3.63, 3.8) is 0 Å². The van der Waals surface area contributed by atoms with Crippen molar-refractivity contribution in [1.82, 2.24) is 9.62 Å². The van der Waals surface area contributed by atoms with E-state index in [0.29, 0.717) is 31.2 Å². The van der Waals surface area contributed by atoms with Crippen molar-refractivity contribution in [2.75, 3.05) is 43.4 Å². The van der Waals surface area contributed by atoms with E-state index in [2.05, 4.69) is 10.2 Å². The van der Waals surface area contributed by atoms with Crippen LogP contribution in [0.15, 0.2) is 47.1 Å². The van der Waals surface area contributed by atoms with Crippen LogP contribution in [0, 0.1) is 0 Å². The number of para-hydroxylation sites is 1. The second-order valence-electron chi connectivity index (χ2n) is 5.89. The molecule has 7 nitrogen and oxygen atoms in total. The van der Waals surface area contributed by atoms with Gasteiger partial charge >= 0.3 is 0 Å². The summed E-state index contributed by atoms with van der Waals surface area (Å²) in [4.78, 5) is 13.8. The smallest absolute Gasteiger partial charge is 0.287 e. The van der Waals surface area contributed by atoms with Gasteiger partial charge < -0.3 is 14.6 Å². The number of rotatable bonds is 6. The molecule has 1 amide bonds. The van der Waals surface area contributed by atoms with E-state index < -0.39 is 15.9 Å². The van der Waals surface area contributed by atoms with Crippen molar-refractivity contribution in [3.05, 3.63) is 53.4 Å². The Balaban J connectivity index is 1.50. The fraction of sp³-hybridized carbons (Fsp3) is 0.353. The highest BCUT2D eigenvalue weighted by atomic mass is 35.5. The number of nitrogens with one attached hydrogen (secondary N) is 1. The number of furan rings is 1. The summed E-state index contributed by atoms with van der Waals surface area (Å²) in [5.74, 6) is -0.407. The molecule has 0 aliphatic carbocycles. The van der Waals surface area contributed by atoms with Gasteiger partial charge in [-0.2, -0.15) is 4.31 Å². The first-order valence-corrected chi connectivity index (χ1v) is 10.2. The molecule has 0 saturated carbocycles. The Morgan fingerprint density at radius 2 is 1.85 bits per heavy atom. The Kier molecular flexibility index (Phi) is 5.85. The molecule has 26 heavy (non-hydrogen) atoms. The van der Waals surface area contributed by atoms with Crippen molar-refractivity contribution < 1.29 is 17.6 Å². The lowest BCUT2D eigenvalue weighted by molar-refractivity contribution is 0.0928. The zero-order valence-corrected chi connectivity index (χ0v) is 15.7. The van der Waals surface area contributed by atoms with E-state index in [9.17, 15) is 13.2 Å². The summed E-state index contributed by atoms with van der Waals surface area (Å²) in [6.45, 7) is 1.95. The van der Waals surface area contributed by atoms with Crippen molar-refractivity contribution >= 4 is 33.2 Å². The topological polar surface area (TPSA) is 82.9 Å². The Labute approximate surface area is 157 Å². The fourth-order valence-corrected chi connectivity index (χ4v) is 4.43. The third kappa shape index (κ3) is 4.38. The number of anilines is 1. The van der Waals surface area contributed by atoms with E-state index in [1.807, 2.05) is 24.3 Å². The molecule has 1 aromatic heterocycles. The van der Waals surface area contributed by atoms with Crippen LogP contribution < -0.4 is 10.2 Å². The van der Waals surface area contributed by atoms with Gasteiger partial charge in [0, 0.05) is 32.7 Å². The average Bonchev–Trinajstić information content (AvgIpc) is 3.17. The normalized spacial score (nSPS) is 15.8. The average molecular weight is 398 g/mol. The maximum Gasteiger partial charge on any atom is 0.287 e. The van der Waals surface area contributed by atoms with Crippen LogP contribution in [0.2, 0.25) is 5.02 Å². The third-order valence-corrected chi connectivity index (χ3v) is 6.41. The molecule has 2 heterocycles. The van der Waals surface area contributed by atoms with Crippen LogP contribution in [0.4, 0.5) is 5.69 Å². The summed E-state index contributed by atoms with van der Waals surface area (Å²) in [6.07, 6.45) is 1.39.